The average Bonchev–Trinajstić information content (AvgIpc) is 2.84. The van der Waals surface area contributed by atoms with E-state index in [1.165, 1.54) is 0 Å². The first-order chi connectivity index (χ1) is 16.6. The lowest BCUT2D eigenvalue weighted by Crippen LogP contribution is -2.46. The largest absolute Gasteiger partial charge is 0.416 e. The Morgan fingerprint density at radius 1 is 1.14 bits per heavy atom. The van der Waals surface area contributed by atoms with Gasteiger partial charge >= 0.3 is 6.18 Å². The van der Waals surface area contributed by atoms with Crippen LogP contribution in [0, 0.1) is 17.0 Å². The van der Waals surface area contributed by atoms with Crippen LogP contribution in [-0.2, 0) is 6.18 Å². The van der Waals surface area contributed by atoms with Gasteiger partial charge in [-0.15, -0.1) is 5.10 Å². The van der Waals surface area contributed by atoms with Crippen molar-refractivity contribution in [1.29, 1.82) is 0 Å². The molecule has 3 aromatic rings. The van der Waals surface area contributed by atoms with Gasteiger partial charge in [-0.25, -0.2) is 0 Å². The van der Waals surface area contributed by atoms with E-state index in [4.69, 9.17) is 0 Å². The minimum Gasteiger partial charge on any atom is -0.368 e. The molecule has 1 aromatic carbocycles. The maximum absolute atomic E-state index is 13.3. The molecule has 0 amide bonds. The zero-order valence-electron chi connectivity index (χ0n) is 19.6. The minimum atomic E-state index is -4.71. The van der Waals surface area contributed by atoms with E-state index >= 15 is 0 Å². The number of fused-ring (bicyclic) bond motifs is 1. The summed E-state index contributed by atoms with van der Waals surface area (Å²) in [6, 6.07) is 3.81. The lowest BCUT2D eigenvalue weighted by Gasteiger charge is -2.35. The number of alkyl halides is 3. The van der Waals surface area contributed by atoms with Crippen LogP contribution in [0.3, 0.4) is 0 Å². The Kier molecular flexibility index (Phi) is 6.75. The zero-order valence-corrected chi connectivity index (χ0v) is 19.6. The molecule has 1 saturated heterocycles. The van der Waals surface area contributed by atoms with Gasteiger partial charge in [0.2, 0.25) is 0 Å². The highest BCUT2D eigenvalue weighted by atomic mass is 19.4. The summed E-state index contributed by atoms with van der Waals surface area (Å²) in [6.45, 7) is 10.1. The number of aromatic nitrogens is 3. The molecule has 12 heteroatoms. The second kappa shape index (κ2) is 9.61. The minimum absolute atomic E-state index is 0.113. The van der Waals surface area contributed by atoms with Crippen molar-refractivity contribution in [3.8, 4) is 0 Å². The van der Waals surface area contributed by atoms with E-state index in [-0.39, 0.29) is 5.56 Å². The number of benzene rings is 1. The number of nitrogens with one attached hydrogen (secondary N) is 1. The number of hydrogen-bond acceptors (Lipinski definition) is 8. The van der Waals surface area contributed by atoms with E-state index in [2.05, 4.69) is 37.2 Å². The van der Waals surface area contributed by atoms with Crippen LogP contribution in [0.4, 0.5) is 30.4 Å². The van der Waals surface area contributed by atoms with E-state index < -0.39 is 28.4 Å². The number of pyridine rings is 1. The topological polar surface area (TPSA) is 100 Å². The van der Waals surface area contributed by atoms with Gasteiger partial charge < -0.3 is 15.1 Å². The van der Waals surface area contributed by atoms with Gasteiger partial charge in [-0.05, 0) is 38.1 Å². The highest BCUT2D eigenvalue weighted by Crippen LogP contribution is 2.35. The molecule has 0 unspecified atom stereocenters. The van der Waals surface area contributed by atoms with Crippen LogP contribution in [0.2, 0.25) is 0 Å². The average molecular weight is 490 g/mol. The van der Waals surface area contributed by atoms with Crippen molar-refractivity contribution >= 4 is 28.1 Å². The van der Waals surface area contributed by atoms with Crippen LogP contribution in [0.1, 0.15) is 36.7 Å². The van der Waals surface area contributed by atoms with Crippen LogP contribution in [0.25, 0.3) is 10.9 Å². The molecular formula is C23H26F3N7O2. The Morgan fingerprint density at radius 3 is 2.49 bits per heavy atom. The van der Waals surface area contributed by atoms with Gasteiger partial charge in [-0.3, -0.25) is 15.1 Å². The number of non-ortho nitro benzene ring substituents is 1. The first kappa shape index (κ1) is 24.6. The normalized spacial score (nSPS) is 15.9. The molecule has 1 aliphatic heterocycles. The number of nitro benzene ring substituents is 1. The third kappa shape index (κ3) is 5.26. The number of aryl methyl sites for hydroxylation is 1. The maximum Gasteiger partial charge on any atom is 0.416 e. The van der Waals surface area contributed by atoms with Gasteiger partial charge in [0.15, 0.2) is 5.82 Å². The third-order valence-electron chi connectivity index (χ3n) is 6.29. The van der Waals surface area contributed by atoms with Crippen molar-refractivity contribution in [2.45, 2.75) is 33.0 Å². The molecule has 3 heterocycles. The molecule has 0 saturated carbocycles. The fourth-order valence-corrected chi connectivity index (χ4v) is 4.19. The number of anilines is 2. The first-order valence-corrected chi connectivity index (χ1v) is 11.3. The lowest BCUT2D eigenvalue weighted by atomic mass is 10.0. The number of hydrogen-bond donors (Lipinski definition) is 1. The van der Waals surface area contributed by atoms with Gasteiger partial charge in [0.1, 0.15) is 0 Å². The summed E-state index contributed by atoms with van der Waals surface area (Å²) >= 11 is 0. The van der Waals surface area contributed by atoms with Crippen molar-refractivity contribution in [2.24, 2.45) is 0 Å². The summed E-state index contributed by atoms with van der Waals surface area (Å²) < 4.78 is 40.0. The fraction of sp³-hybridized carbons (Fsp3) is 0.435. The molecule has 9 nitrogen and oxygen atoms in total. The number of halogens is 3. The summed E-state index contributed by atoms with van der Waals surface area (Å²) in [4.78, 5) is 19.6. The van der Waals surface area contributed by atoms with E-state index in [1.807, 2.05) is 6.07 Å². The molecule has 0 aliphatic carbocycles. The van der Waals surface area contributed by atoms with E-state index in [0.29, 0.717) is 28.5 Å². The molecule has 1 aliphatic rings. The van der Waals surface area contributed by atoms with Crippen molar-refractivity contribution in [3.63, 3.8) is 0 Å². The summed E-state index contributed by atoms with van der Waals surface area (Å²) in [5.41, 5.74) is 0.577. The Hall–Kier alpha value is -3.54. The molecule has 35 heavy (non-hydrogen) atoms. The molecule has 1 fully saturated rings. The van der Waals surface area contributed by atoms with Gasteiger partial charge in [0.25, 0.3) is 5.69 Å². The lowest BCUT2D eigenvalue weighted by molar-refractivity contribution is -0.385. The molecule has 0 radical (unpaired) electrons. The molecule has 1 atom stereocenters. The first-order valence-electron chi connectivity index (χ1n) is 11.3. The Morgan fingerprint density at radius 2 is 1.86 bits per heavy atom. The number of likely N-dealkylation sites (N-methyl/N-ethyl adjacent to an activating group) is 1. The zero-order chi connectivity index (χ0) is 25.3. The van der Waals surface area contributed by atoms with Crippen molar-refractivity contribution in [1.82, 2.24) is 20.1 Å². The van der Waals surface area contributed by atoms with Crippen molar-refractivity contribution in [2.75, 3.05) is 42.9 Å². The second-order valence-electron chi connectivity index (χ2n) is 8.58. The number of nitrogens with zero attached hydrogens (tertiary/aromatic N) is 6. The van der Waals surface area contributed by atoms with Crippen LogP contribution >= 0.6 is 0 Å². The molecule has 186 valence electrons. The fourth-order valence-electron chi connectivity index (χ4n) is 4.19. The maximum atomic E-state index is 13.3. The predicted molar refractivity (Wildman–Crippen MR) is 127 cm³/mol. The van der Waals surface area contributed by atoms with E-state index in [0.717, 1.165) is 50.5 Å². The van der Waals surface area contributed by atoms with Gasteiger partial charge in [-0.2, -0.15) is 18.3 Å². The molecular weight excluding hydrogens is 463 g/mol. The summed E-state index contributed by atoms with van der Waals surface area (Å²) in [6.07, 6.45) is -2.92. The van der Waals surface area contributed by atoms with Crippen LogP contribution in [0.15, 0.2) is 30.5 Å². The van der Waals surface area contributed by atoms with Crippen molar-refractivity contribution < 1.29 is 18.1 Å². The SMILES string of the molecule is CCN1CCN(c2cnc3c(C)nnc(N[C@H](C)c4cc([N+](=O)[O-])cc(C(F)(F)F)c4)c3c2)CC1. The highest BCUT2D eigenvalue weighted by Gasteiger charge is 2.33. The molecule has 4 rings (SSSR count). The number of nitro groups is 1. The monoisotopic (exact) mass is 489 g/mol. The van der Waals surface area contributed by atoms with Crippen LogP contribution in [0.5, 0.6) is 0 Å². The smallest absolute Gasteiger partial charge is 0.368 e. The van der Waals surface area contributed by atoms with Gasteiger partial charge in [0.05, 0.1) is 39.6 Å². The Bertz CT molecular complexity index is 1240. The predicted octanol–water partition coefficient (Wildman–Crippen LogP) is 4.58. The number of rotatable bonds is 6. The van der Waals surface area contributed by atoms with Crippen LogP contribution < -0.4 is 10.2 Å². The second-order valence-corrected chi connectivity index (χ2v) is 8.58. The third-order valence-corrected chi connectivity index (χ3v) is 6.29. The highest BCUT2D eigenvalue weighted by molar-refractivity contribution is 5.92. The van der Waals surface area contributed by atoms with Gasteiger partial charge in [0, 0.05) is 43.7 Å². The molecule has 1 N–H and O–H groups in total. The molecule has 0 bridgehead atoms. The standard InChI is InChI=1S/C23H26F3N7O2/c1-4-31-5-7-32(8-6-31)19-12-20-21(27-13-19)15(3)29-30-22(20)28-14(2)16-9-17(23(24,25)26)11-18(10-16)33(34)35/h9-14H,4-8H2,1-3H3,(H,28,30)/t14-/m1/s1. The van der Waals surface area contributed by atoms with Gasteiger partial charge in [-0.1, -0.05) is 6.92 Å². The van der Waals surface area contributed by atoms with Crippen molar-refractivity contribution in [3.05, 3.63) is 57.4 Å². The molecule has 2 aromatic heterocycles. The Labute approximate surface area is 200 Å². The van der Waals surface area contributed by atoms with E-state index in [9.17, 15) is 23.3 Å². The summed E-state index contributed by atoms with van der Waals surface area (Å²) in [7, 11) is 0. The van der Waals surface area contributed by atoms with Crippen LogP contribution in [-0.4, -0.2) is 57.7 Å². The Balaban J connectivity index is 1.68. The van der Waals surface area contributed by atoms with E-state index in [1.54, 1.807) is 20.0 Å². The number of piperazine rings is 1. The quantitative estimate of drug-likeness (QED) is 0.397. The molecule has 0 spiro atoms. The summed E-state index contributed by atoms with van der Waals surface area (Å²) in [5, 5.41) is 23.4. The summed E-state index contributed by atoms with van der Waals surface area (Å²) in [5.74, 6) is 0.347.